The van der Waals surface area contributed by atoms with Gasteiger partial charge in [0.2, 0.25) is 20.0 Å². The third kappa shape index (κ3) is 3.70. The van der Waals surface area contributed by atoms with Crippen molar-refractivity contribution in [1.29, 1.82) is 0 Å². The van der Waals surface area contributed by atoms with Crippen molar-refractivity contribution in [1.82, 2.24) is 8.61 Å². The lowest BCUT2D eigenvalue weighted by atomic mass is 10.2. The van der Waals surface area contributed by atoms with E-state index in [1.807, 2.05) is 0 Å². The third-order valence-electron chi connectivity index (χ3n) is 3.79. The van der Waals surface area contributed by atoms with Crippen molar-refractivity contribution in [3.63, 3.8) is 0 Å². The van der Waals surface area contributed by atoms with Crippen molar-refractivity contribution in [3.05, 3.63) is 24.3 Å². The molecule has 0 amide bonds. The highest BCUT2D eigenvalue weighted by Gasteiger charge is 2.37. The highest BCUT2D eigenvalue weighted by Crippen LogP contribution is 2.30. The smallest absolute Gasteiger partial charge is 0.244 e. The molecular formula is C13H22ClN3O4S2. The Morgan fingerprint density at radius 3 is 2.26 bits per heavy atom. The van der Waals surface area contributed by atoms with E-state index in [1.165, 1.54) is 42.7 Å². The molecule has 1 unspecified atom stereocenters. The molecule has 0 radical (unpaired) electrons. The van der Waals surface area contributed by atoms with Crippen molar-refractivity contribution >= 4 is 32.5 Å². The third-order valence-corrected chi connectivity index (χ3v) is 7.80. The first-order chi connectivity index (χ1) is 10.2. The van der Waals surface area contributed by atoms with Crippen LogP contribution in [-0.4, -0.2) is 58.7 Å². The summed E-state index contributed by atoms with van der Waals surface area (Å²) in [4.78, 5) is -0.397. The molecule has 1 aromatic carbocycles. The number of rotatable bonds is 5. The Balaban J connectivity index is 0.00000264. The van der Waals surface area contributed by atoms with Gasteiger partial charge in [0.25, 0.3) is 0 Å². The monoisotopic (exact) mass is 383 g/mol. The summed E-state index contributed by atoms with van der Waals surface area (Å²) in [5.41, 5.74) is 5.64. The van der Waals surface area contributed by atoms with E-state index < -0.39 is 20.0 Å². The Labute approximate surface area is 144 Å². The molecule has 10 heteroatoms. The number of halogens is 1. The SMILES string of the molecule is CN(C)S(=O)(=O)c1ccccc1S(=O)(=O)N1CCCC1CN.Cl. The van der Waals surface area contributed by atoms with Gasteiger partial charge in [0.1, 0.15) is 9.79 Å². The second-order valence-corrected chi connectivity index (χ2v) is 9.36. The molecule has 1 atom stereocenters. The number of benzene rings is 1. The Bertz CT molecular complexity index is 750. The van der Waals surface area contributed by atoms with Gasteiger partial charge in [0.15, 0.2) is 0 Å². The summed E-state index contributed by atoms with van der Waals surface area (Å²) in [6.45, 7) is 0.586. The molecule has 0 aromatic heterocycles. The van der Waals surface area contributed by atoms with Crippen molar-refractivity contribution in [2.24, 2.45) is 5.73 Å². The molecule has 1 aliphatic rings. The molecule has 0 aliphatic carbocycles. The van der Waals surface area contributed by atoms with Crippen LogP contribution in [0.3, 0.4) is 0 Å². The van der Waals surface area contributed by atoms with Gasteiger partial charge in [-0.05, 0) is 25.0 Å². The Morgan fingerprint density at radius 1 is 1.17 bits per heavy atom. The van der Waals surface area contributed by atoms with Crippen molar-refractivity contribution in [2.75, 3.05) is 27.2 Å². The maximum atomic E-state index is 12.9. The molecule has 2 N–H and O–H groups in total. The lowest BCUT2D eigenvalue weighted by molar-refractivity contribution is 0.391. The molecule has 0 saturated carbocycles. The summed E-state index contributed by atoms with van der Waals surface area (Å²) in [7, 11) is -5.00. The standard InChI is InChI=1S/C13H21N3O4S2.ClH/c1-15(2)21(17,18)12-7-3-4-8-13(12)22(19,20)16-9-5-6-11(16)10-14;/h3-4,7-8,11H,5-6,9-10,14H2,1-2H3;1H. The van der Waals surface area contributed by atoms with Crippen LogP contribution in [0.4, 0.5) is 0 Å². The second kappa shape index (κ2) is 7.45. The average molecular weight is 384 g/mol. The highest BCUT2D eigenvalue weighted by atomic mass is 35.5. The number of nitrogens with two attached hydrogens (primary N) is 1. The molecule has 23 heavy (non-hydrogen) atoms. The molecule has 1 fully saturated rings. The molecule has 0 bridgehead atoms. The van der Waals surface area contributed by atoms with Gasteiger partial charge in [0.05, 0.1) is 0 Å². The maximum absolute atomic E-state index is 12.9. The summed E-state index contributed by atoms with van der Waals surface area (Å²) < 4.78 is 52.9. The van der Waals surface area contributed by atoms with E-state index in [0.29, 0.717) is 13.0 Å². The van der Waals surface area contributed by atoms with E-state index in [2.05, 4.69) is 0 Å². The minimum absolute atomic E-state index is 0. The largest absolute Gasteiger partial charge is 0.329 e. The Morgan fingerprint density at radius 2 is 1.74 bits per heavy atom. The van der Waals surface area contributed by atoms with Gasteiger partial charge >= 0.3 is 0 Å². The second-order valence-electron chi connectivity index (χ2n) is 5.38. The summed E-state index contributed by atoms with van der Waals surface area (Å²) in [5, 5.41) is 0. The van der Waals surface area contributed by atoms with Crippen LogP contribution in [-0.2, 0) is 20.0 Å². The molecule has 1 aromatic rings. The van der Waals surface area contributed by atoms with Gasteiger partial charge in [-0.1, -0.05) is 12.1 Å². The zero-order chi connectivity index (χ0) is 16.5. The minimum Gasteiger partial charge on any atom is -0.329 e. The lowest BCUT2D eigenvalue weighted by Crippen LogP contribution is -2.40. The summed E-state index contributed by atoms with van der Waals surface area (Å²) >= 11 is 0. The molecule has 1 heterocycles. The Kier molecular flexibility index (Phi) is 6.59. The average Bonchev–Trinajstić information content (AvgIpc) is 2.96. The van der Waals surface area contributed by atoms with E-state index in [9.17, 15) is 16.8 Å². The topological polar surface area (TPSA) is 101 Å². The van der Waals surface area contributed by atoms with Crippen LogP contribution >= 0.6 is 12.4 Å². The zero-order valence-corrected chi connectivity index (χ0v) is 15.5. The van der Waals surface area contributed by atoms with Crippen molar-refractivity contribution < 1.29 is 16.8 Å². The van der Waals surface area contributed by atoms with Crippen molar-refractivity contribution in [2.45, 2.75) is 28.7 Å². The molecule has 2 rings (SSSR count). The fraction of sp³-hybridized carbons (Fsp3) is 0.538. The van der Waals surface area contributed by atoms with Gasteiger partial charge in [-0.15, -0.1) is 12.4 Å². The molecular weight excluding hydrogens is 362 g/mol. The first-order valence-electron chi connectivity index (χ1n) is 6.96. The number of hydrogen-bond acceptors (Lipinski definition) is 5. The highest BCUT2D eigenvalue weighted by molar-refractivity contribution is 7.92. The molecule has 0 spiro atoms. The van der Waals surface area contributed by atoms with Gasteiger partial charge in [-0.2, -0.15) is 4.31 Å². The van der Waals surface area contributed by atoms with Crippen LogP contribution in [0.5, 0.6) is 0 Å². The normalized spacial score (nSPS) is 19.7. The van der Waals surface area contributed by atoms with Gasteiger partial charge in [0, 0.05) is 33.2 Å². The molecule has 1 saturated heterocycles. The number of nitrogens with zero attached hydrogens (tertiary/aromatic N) is 2. The number of hydrogen-bond donors (Lipinski definition) is 1. The van der Waals surface area contributed by atoms with Crippen LogP contribution in [0.1, 0.15) is 12.8 Å². The number of sulfonamides is 2. The molecule has 1 aliphatic heterocycles. The predicted octanol–water partition coefficient (Wildman–Crippen LogP) is 0.471. The fourth-order valence-electron chi connectivity index (χ4n) is 2.56. The summed E-state index contributed by atoms with van der Waals surface area (Å²) in [6.07, 6.45) is 1.42. The first-order valence-corrected chi connectivity index (χ1v) is 9.84. The zero-order valence-electron chi connectivity index (χ0n) is 13.0. The maximum Gasteiger partial charge on any atom is 0.244 e. The van der Waals surface area contributed by atoms with E-state index in [-0.39, 0.29) is 34.8 Å². The summed E-state index contributed by atoms with van der Waals surface area (Å²) in [5.74, 6) is 0. The van der Waals surface area contributed by atoms with Crippen LogP contribution in [0.15, 0.2) is 34.1 Å². The summed E-state index contributed by atoms with van der Waals surface area (Å²) in [6, 6.07) is 5.41. The van der Waals surface area contributed by atoms with Crippen molar-refractivity contribution in [3.8, 4) is 0 Å². The first kappa shape index (κ1) is 20.3. The Hall–Kier alpha value is -0.710. The van der Waals surface area contributed by atoms with Crippen LogP contribution in [0.25, 0.3) is 0 Å². The molecule has 132 valence electrons. The van der Waals surface area contributed by atoms with E-state index in [4.69, 9.17) is 5.73 Å². The van der Waals surface area contributed by atoms with E-state index >= 15 is 0 Å². The van der Waals surface area contributed by atoms with Gasteiger partial charge < -0.3 is 5.73 Å². The van der Waals surface area contributed by atoms with Crippen LogP contribution < -0.4 is 5.73 Å². The van der Waals surface area contributed by atoms with Crippen LogP contribution in [0.2, 0.25) is 0 Å². The predicted molar refractivity (Wildman–Crippen MR) is 90.5 cm³/mol. The fourth-order valence-corrected chi connectivity index (χ4v) is 5.94. The van der Waals surface area contributed by atoms with E-state index in [0.717, 1.165) is 10.7 Å². The quantitative estimate of drug-likeness (QED) is 0.796. The lowest BCUT2D eigenvalue weighted by Gasteiger charge is -2.24. The van der Waals surface area contributed by atoms with Crippen LogP contribution in [0, 0.1) is 0 Å². The van der Waals surface area contributed by atoms with E-state index in [1.54, 1.807) is 0 Å². The molecule has 7 nitrogen and oxygen atoms in total. The van der Waals surface area contributed by atoms with Gasteiger partial charge in [-0.3, -0.25) is 0 Å². The minimum atomic E-state index is -3.90. The van der Waals surface area contributed by atoms with Gasteiger partial charge in [-0.25, -0.2) is 21.1 Å².